The van der Waals surface area contributed by atoms with Crippen LogP contribution in [0, 0.1) is 0 Å². The van der Waals surface area contributed by atoms with Crippen LogP contribution in [0.4, 0.5) is 0 Å². The molecule has 2 aliphatic carbocycles. The molecule has 0 amide bonds. The highest BCUT2D eigenvalue weighted by Gasteiger charge is 2.33. The zero-order valence-electron chi connectivity index (χ0n) is 17.3. The van der Waals surface area contributed by atoms with Gasteiger partial charge in [-0.3, -0.25) is 4.99 Å². The summed E-state index contributed by atoms with van der Waals surface area (Å²) in [6.45, 7) is 4.48. The van der Waals surface area contributed by atoms with Crippen molar-refractivity contribution in [1.82, 2.24) is 5.32 Å². The fourth-order valence-electron chi connectivity index (χ4n) is 3.97. The number of aliphatic imine (C=N–C) groups is 1. The summed E-state index contributed by atoms with van der Waals surface area (Å²) in [5.41, 5.74) is 5.60. The fourth-order valence-corrected chi connectivity index (χ4v) is 4.86. The highest BCUT2D eigenvalue weighted by Crippen LogP contribution is 2.31. The largest absolute Gasteiger partial charge is 0.356 e. The number of benzene rings is 1. The molecule has 0 bridgehead atoms. The molecule has 1 aromatic rings. The second-order valence-corrected chi connectivity index (χ2v) is 9.12. The molecule has 2 atom stereocenters. The lowest BCUT2D eigenvalue weighted by molar-refractivity contribution is 0.611. The van der Waals surface area contributed by atoms with E-state index in [2.05, 4.69) is 92.0 Å². The van der Waals surface area contributed by atoms with E-state index in [9.17, 15) is 0 Å². The zero-order chi connectivity index (χ0) is 20.1. The van der Waals surface area contributed by atoms with E-state index in [1.807, 2.05) is 11.8 Å². The van der Waals surface area contributed by atoms with Gasteiger partial charge in [-0.25, -0.2) is 0 Å². The molecule has 0 radical (unpaired) electrons. The number of hydrogen-bond donors (Lipinski definition) is 1. The molecule has 29 heavy (non-hydrogen) atoms. The van der Waals surface area contributed by atoms with Crippen LogP contribution in [-0.2, 0) is 5.75 Å². The Morgan fingerprint density at radius 1 is 1.03 bits per heavy atom. The van der Waals surface area contributed by atoms with E-state index in [0.717, 1.165) is 30.2 Å². The van der Waals surface area contributed by atoms with E-state index in [0.29, 0.717) is 5.92 Å². The van der Waals surface area contributed by atoms with Gasteiger partial charge in [0.2, 0.25) is 0 Å². The van der Waals surface area contributed by atoms with Gasteiger partial charge in [0, 0.05) is 7.18 Å². The van der Waals surface area contributed by atoms with Gasteiger partial charge in [0.05, 0.1) is 12.1 Å². The lowest BCUT2D eigenvalue weighted by Crippen LogP contribution is -2.37. The minimum Gasteiger partial charge on any atom is -0.356 e. The van der Waals surface area contributed by atoms with Gasteiger partial charge in [-0.05, 0) is 47.5 Å². The first-order chi connectivity index (χ1) is 14.2. The van der Waals surface area contributed by atoms with Crippen molar-refractivity contribution in [1.29, 1.82) is 0 Å². The molecule has 1 heterocycles. The predicted octanol–water partition coefficient (Wildman–Crippen LogP) is 6.70. The minimum absolute atomic E-state index is 0. The van der Waals surface area contributed by atoms with Gasteiger partial charge in [0.15, 0.2) is 5.17 Å². The maximum atomic E-state index is 5.14. The van der Waals surface area contributed by atoms with E-state index in [4.69, 9.17) is 4.99 Å². The lowest BCUT2D eigenvalue weighted by Gasteiger charge is -2.24. The number of allylic oxidation sites excluding steroid dienone is 8. The molecule has 0 fully saturated rings. The Morgan fingerprint density at radius 3 is 2.62 bits per heavy atom. The Labute approximate surface area is 180 Å². The summed E-state index contributed by atoms with van der Waals surface area (Å²) in [6, 6.07) is 9.48. The van der Waals surface area contributed by atoms with Gasteiger partial charge in [-0.15, -0.1) is 0 Å². The Balaban J connectivity index is 0.00000256. The van der Waals surface area contributed by atoms with Crippen LogP contribution in [0.3, 0.4) is 0 Å². The number of thioether (sulfide) groups is 1. The molecule has 1 N–H and O–H groups in total. The summed E-state index contributed by atoms with van der Waals surface area (Å²) in [4.78, 5) is 5.14. The molecule has 1 aromatic carbocycles. The third-order valence-corrected chi connectivity index (χ3v) is 6.69. The first kappa shape index (κ1) is 20.0. The summed E-state index contributed by atoms with van der Waals surface area (Å²) in [7, 11) is 0. The Hall–Kier alpha value is -2.26. The van der Waals surface area contributed by atoms with E-state index >= 15 is 0 Å². The lowest BCUT2D eigenvalue weighted by atomic mass is 9.88. The first-order valence-corrected chi connectivity index (χ1v) is 11.6. The second-order valence-electron chi connectivity index (χ2n) is 8.15. The van der Waals surface area contributed by atoms with Crippen molar-refractivity contribution in [2.24, 2.45) is 4.99 Å². The first-order valence-electron chi connectivity index (χ1n) is 10.6. The Kier molecular flexibility index (Phi) is 6.56. The molecule has 2 nitrogen and oxygen atoms in total. The molecule has 0 unspecified atom stereocenters. The third kappa shape index (κ3) is 5.02. The monoisotopic (exact) mass is 404 g/mol. The Bertz CT molecular complexity index is 903. The number of rotatable bonds is 5. The van der Waals surface area contributed by atoms with Crippen molar-refractivity contribution in [3.63, 3.8) is 0 Å². The average Bonchev–Trinajstić information content (AvgIpc) is 2.99. The minimum atomic E-state index is 0. The van der Waals surface area contributed by atoms with Crippen LogP contribution in [0.15, 0.2) is 89.0 Å². The van der Waals surface area contributed by atoms with Crippen molar-refractivity contribution < 1.29 is 1.43 Å². The zero-order valence-corrected chi connectivity index (χ0v) is 18.2. The van der Waals surface area contributed by atoms with Crippen molar-refractivity contribution in [3.05, 3.63) is 95.1 Å². The van der Waals surface area contributed by atoms with Crippen LogP contribution in [0.2, 0.25) is 0 Å². The van der Waals surface area contributed by atoms with Crippen LogP contribution in [0.25, 0.3) is 0 Å². The molecule has 0 saturated heterocycles. The molecule has 3 heteroatoms. The normalized spacial score (nSPS) is 23.5. The Morgan fingerprint density at radius 2 is 1.86 bits per heavy atom. The number of nitrogens with zero attached hydrogens (tertiary/aromatic N) is 1. The predicted molar refractivity (Wildman–Crippen MR) is 130 cm³/mol. The molecular weight excluding hydrogens is 372 g/mol. The highest BCUT2D eigenvalue weighted by atomic mass is 32.2. The SMILES string of the molecule is CC(C)c1ccc(CSC2=N[C@@H](C3=CC=CC=CC3)[C@@H](C3=CC=CCC3)N2)cc1.[HH]. The highest BCUT2D eigenvalue weighted by molar-refractivity contribution is 8.13. The molecule has 152 valence electrons. The topological polar surface area (TPSA) is 24.4 Å². The van der Waals surface area contributed by atoms with Crippen LogP contribution in [-0.4, -0.2) is 17.3 Å². The number of hydrogen-bond acceptors (Lipinski definition) is 3. The number of amidine groups is 1. The van der Waals surface area contributed by atoms with Crippen molar-refractivity contribution in [2.75, 3.05) is 0 Å². The van der Waals surface area contributed by atoms with E-state index < -0.39 is 0 Å². The van der Waals surface area contributed by atoms with Crippen LogP contribution in [0.1, 0.15) is 51.6 Å². The molecule has 0 spiro atoms. The van der Waals surface area contributed by atoms with Crippen LogP contribution < -0.4 is 5.32 Å². The second kappa shape index (κ2) is 9.49. The van der Waals surface area contributed by atoms with Gasteiger partial charge in [0.25, 0.3) is 0 Å². The smallest absolute Gasteiger partial charge is 0.158 e. The summed E-state index contributed by atoms with van der Waals surface area (Å²) >= 11 is 1.82. The summed E-state index contributed by atoms with van der Waals surface area (Å²) in [5, 5.41) is 4.82. The number of nitrogens with one attached hydrogen (secondary N) is 1. The van der Waals surface area contributed by atoms with Crippen molar-refractivity contribution >= 4 is 16.9 Å². The molecular formula is C26H32N2S. The van der Waals surface area contributed by atoms with Gasteiger partial charge in [-0.2, -0.15) is 0 Å². The van der Waals surface area contributed by atoms with Gasteiger partial charge in [-0.1, -0.05) is 98.5 Å². The van der Waals surface area contributed by atoms with E-state index in [-0.39, 0.29) is 13.5 Å². The maximum absolute atomic E-state index is 5.14. The standard InChI is InChI=1S/C26H30N2S.H2/c1-19(2)21-16-14-20(15-17-21)18-29-26-27-24(22-10-6-3-4-7-11-22)25(28-26)23-12-8-5-9-13-23;/h3-8,10,12,14-17,19,24-25H,9,11,13,18H2,1-2H3,(H,27,28);1H/t24-,25+;/m0./s1. The summed E-state index contributed by atoms with van der Waals surface area (Å²) < 4.78 is 0. The van der Waals surface area contributed by atoms with Gasteiger partial charge >= 0.3 is 0 Å². The molecule has 0 saturated carbocycles. The average molecular weight is 405 g/mol. The van der Waals surface area contributed by atoms with Crippen molar-refractivity contribution in [3.8, 4) is 0 Å². The van der Waals surface area contributed by atoms with Gasteiger partial charge in [0.1, 0.15) is 0 Å². The summed E-state index contributed by atoms with van der Waals surface area (Å²) in [5.74, 6) is 1.52. The molecule has 1 aliphatic heterocycles. The third-order valence-electron chi connectivity index (χ3n) is 5.72. The molecule has 4 rings (SSSR count). The molecule has 0 aromatic heterocycles. The van der Waals surface area contributed by atoms with E-state index in [1.54, 1.807) is 0 Å². The van der Waals surface area contributed by atoms with Crippen molar-refractivity contribution in [2.45, 2.75) is 56.9 Å². The van der Waals surface area contributed by atoms with Gasteiger partial charge < -0.3 is 5.32 Å². The summed E-state index contributed by atoms with van der Waals surface area (Å²) in [6.07, 6.45) is 20.8. The fraction of sp³-hybridized carbons (Fsp3) is 0.346. The van der Waals surface area contributed by atoms with Crippen LogP contribution >= 0.6 is 11.8 Å². The molecule has 3 aliphatic rings. The van der Waals surface area contributed by atoms with E-state index in [1.165, 1.54) is 22.3 Å². The quantitative estimate of drug-likeness (QED) is 0.590. The van der Waals surface area contributed by atoms with Crippen LogP contribution in [0.5, 0.6) is 0 Å². The maximum Gasteiger partial charge on any atom is 0.158 e.